The highest BCUT2D eigenvalue weighted by atomic mass is 16.4. The van der Waals surface area contributed by atoms with Crippen molar-refractivity contribution in [2.75, 3.05) is 19.4 Å². The molecule has 0 aliphatic heterocycles. The fraction of sp³-hybridized carbons (Fsp3) is 0.179. The molecule has 1 amide bonds. The molecule has 0 bridgehead atoms. The highest BCUT2D eigenvalue weighted by Gasteiger charge is 2.12. The molecule has 0 unspecified atom stereocenters. The number of carbonyl (C=O) groups is 1. The lowest BCUT2D eigenvalue weighted by atomic mass is 9.97. The van der Waals surface area contributed by atoms with E-state index in [0.29, 0.717) is 17.3 Å². The third-order valence-electron chi connectivity index (χ3n) is 5.98. The summed E-state index contributed by atoms with van der Waals surface area (Å²) < 4.78 is 5.57. The summed E-state index contributed by atoms with van der Waals surface area (Å²) >= 11 is 0. The maximum absolute atomic E-state index is 12.9. The lowest BCUT2D eigenvalue weighted by Crippen LogP contribution is -2.11. The van der Waals surface area contributed by atoms with E-state index in [1.807, 2.05) is 81.0 Å². The number of carbonyl (C=O) groups excluding carboxylic acids is 1. The first-order valence-electron chi connectivity index (χ1n) is 11.4. The Morgan fingerprint density at radius 3 is 2.46 bits per heavy atom. The van der Waals surface area contributed by atoms with Gasteiger partial charge in [-0.2, -0.15) is 0 Å². The van der Waals surface area contributed by atoms with Crippen molar-refractivity contribution < 1.29 is 9.21 Å². The van der Waals surface area contributed by atoms with Crippen LogP contribution in [0, 0.1) is 13.8 Å². The van der Waals surface area contributed by atoms with Crippen molar-refractivity contribution in [2.24, 2.45) is 0 Å². The standard InChI is InChI=1S/C28H27N5O2/c1-17-5-6-21(28-32-31-18(2)35-28)13-25(17)19-7-9-20(10-8-19)27(34)30-23-11-12-24-22(16-33(3)4)15-29-26(24)14-23/h5-15,29H,16H2,1-4H3,(H,30,34). The minimum absolute atomic E-state index is 0.150. The summed E-state index contributed by atoms with van der Waals surface area (Å²) in [5.41, 5.74) is 7.62. The minimum Gasteiger partial charge on any atom is -0.421 e. The van der Waals surface area contributed by atoms with Crippen LogP contribution >= 0.6 is 0 Å². The molecule has 0 atom stereocenters. The maximum atomic E-state index is 12.9. The highest BCUT2D eigenvalue weighted by Crippen LogP contribution is 2.29. The second-order valence-corrected chi connectivity index (χ2v) is 9.00. The van der Waals surface area contributed by atoms with Gasteiger partial charge in [0.15, 0.2) is 0 Å². The molecular weight excluding hydrogens is 438 g/mol. The van der Waals surface area contributed by atoms with Gasteiger partial charge in [0.2, 0.25) is 11.8 Å². The molecule has 7 nitrogen and oxygen atoms in total. The van der Waals surface area contributed by atoms with Gasteiger partial charge in [0, 0.05) is 47.4 Å². The Balaban J connectivity index is 1.34. The zero-order chi connectivity index (χ0) is 24.5. The average Bonchev–Trinajstić information content (AvgIpc) is 3.45. The zero-order valence-electron chi connectivity index (χ0n) is 20.2. The number of aromatic amines is 1. The van der Waals surface area contributed by atoms with Crippen molar-refractivity contribution in [3.63, 3.8) is 0 Å². The van der Waals surface area contributed by atoms with Gasteiger partial charge >= 0.3 is 0 Å². The fourth-order valence-electron chi connectivity index (χ4n) is 4.22. The lowest BCUT2D eigenvalue weighted by Gasteiger charge is -2.10. The first-order chi connectivity index (χ1) is 16.9. The molecule has 2 aromatic heterocycles. The van der Waals surface area contributed by atoms with Gasteiger partial charge in [0.25, 0.3) is 5.91 Å². The highest BCUT2D eigenvalue weighted by molar-refractivity contribution is 6.05. The normalized spacial score (nSPS) is 11.3. The largest absolute Gasteiger partial charge is 0.421 e. The summed E-state index contributed by atoms with van der Waals surface area (Å²) in [5, 5.41) is 12.2. The van der Waals surface area contributed by atoms with Crippen LogP contribution in [-0.2, 0) is 6.54 Å². The van der Waals surface area contributed by atoms with Crippen molar-refractivity contribution >= 4 is 22.5 Å². The van der Waals surface area contributed by atoms with E-state index in [1.54, 1.807) is 6.92 Å². The van der Waals surface area contributed by atoms with E-state index in [-0.39, 0.29) is 5.91 Å². The molecule has 0 saturated carbocycles. The van der Waals surface area contributed by atoms with Crippen LogP contribution < -0.4 is 5.32 Å². The number of aryl methyl sites for hydroxylation is 2. The third-order valence-corrected chi connectivity index (χ3v) is 5.98. The van der Waals surface area contributed by atoms with E-state index in [9.17, 15) is 4.79 Å². The second kappa shape index (κ2) is 9.19. The Morgan fingerprint density at radius 1 is 0.971 bits per heavy atom. The summed E-state index contributed by atoms with van der Waals surface area (Å²) in [6.07, 6.45) is 2.02. The van der Waals surface area contributed by atoms with Gasteiger partial charge in [-0.05, 0) is 79.7 Å². The summed E-state index contributed by atoms with van der Waals surface area (Å²) in [6.45, 7) is 4.68. The van der Waals surface area contributed by atoms with Gasteiger partial charge in [0.05, 0.1) is 0 Å². The number of aromatic nitrogens is 3. The van der Waals surface area contributed by atoms with Crippen molar-refractivity contribution in [2.45, 2.75) is 20.4 Å². The van der Waals surface area contributed by atoms with E-state index >= 15 is 0 Å². The Hall–Kier alpha value is -4.23. The second-order valence-electron chi connectivity index (χ2n) is 9.00. The molecule has 0 aliphatic carbocycles. The first-order valence-corrected chi connectivity index (χ1v) is 11.4. The van der Waals surface area contributed by atoms with E-state index < -0.39 is 0 Å². The zero-order valence-corrected chi connectivity index (χ0v) is 20.2. The molecule has 2 heterocycles. The first kappa shape index (κ1) is 22.6. The van der Waals surface area contributed by atoms with Crippen LogP contribution in [0.5, 0.6) is 0 Å². The topological polar surface area (TPSA) is 87.0 Å². The summed E-state index contributed by atoms with van der Waals surface area (Å²) in [6, 6.07) is 19.6. The maximum Gasteiger partial charge on any atom is 0.255 e. The summed E-state index contributed by atoms with van der Waals surface area (Å²) in [7, 11) is 4.09. The van der Waals surface area contributed by atoms with Gasteiger partial charge in [-0.1, -0.05) is 24.3 Å². The molecule has 35 heavy (non-hydrogen) atoms. The monoisotopic (exact) mass is 465 g/mol. The SMILES string of the molecule is Cc1nnc(-c2ccc(C)c(-c3ccc(C(=O)Nc4ccc5c(CN(C)C)c[nH]c5c4)cc3)c2)o1. The number of H-pyrrole nitrogens is 1. The van der Waals surface area contributed by atoms with Crippen LogP contribution in [-0.4, -0.2) is 40.1 Å². The number of rotatable bonds is 6. The van der Waals surface area contributed by atoms with Gasteiger partial charge in [-0.3, -0.25) is 4.79 Å². The average molecular weight is 466 g/mol. The van der Waals surface area contributed by atoms with Crippen molar-refractivity contribution in [3.8, 4) is 22.6 Å². The molecule has 0 radical (unpaired) electrons. The number of nitrogens with zero attached hydrogens (tertiary/aromatic N) is 3. The lowest BCUT2D eigenvalue weighted by molar-refractivity contribution is 0.102. The number of hydrogen-bond donors (Lipinski definition) is 2. The summed E-state index contributed by atoms with van der Waals surface area (Å²) in [4.78, 5) is 18.3. The van der Waals surface area contributed by atoms with E-state index in [1.165, 1.54) is 5.56 Å². The Bertz CT molecular complexity index is 1510. The molecule has 176 valence electrons. The van der Waals surface area contributed by atoms with Crippen LogP contribution in [0.2, 0.25) is 0 Å². The predicted molar refractivity (Wildman–Crippen MR) is 138 cm³/mol. The van der Waals surface area contributed by atoms with Gasteiger partial charge in [0.1, 0.15) is 0 Å². The van der Waals surface area contributed by atoms with Crippen LogP contribution in [0.4, 0.5) is 5.69 Å². The molecule has 0 aliphatic rings. The molecule has 0 spiro atoms. The molecule has 5 rings (SSSR count). The van der Waals surface area contributed by atoms with Crippen molar-refractivity contribution in [1.29, 1.82) is 0 Å². The molecule has 5 aromatic rings. The van der Waals surface area contributed by atoms with E-state index in [4.69, 9.17) is 4.42 Å². The van der Waals surface area contributed by atoms with E-state index in [2.05, 4.69) is 32.3 Å². The van der Waals surface area contributed by atoms with Crippen LogP contribution in [0.3, 0.4) is 0 Å². The Kier molecular flexibility index (Phi) is 5.93. The van der Waals surface area contributed by atoms with Crippen molar-refractivity contribution in [1.82, 2.24) is 20.1 Å². The quantitative estimate of drug-likeness (QED) is 0.330. The van der Waals surface area contributed by atoms with E-state index in [0.717, 1.165) is 45.4 Å². The minimum atomic E-state index is -0.150. The molecule has 2 N–H and O–H groups in total. The van der Waals surface area contributed by atoms with Crippen LogP contribution in [0.25, 0.3) is 33.5 Å². The Labute approximate surface area is 203 Å². The van der Waals surface area contributed by atoms with Crippen molar-refractivity contribution in [3.05, 3.63) is 89.4 Å². The number of amides is 1. The predicted octanol–water partition coefficient (Wildman–Crippen LogP) is 5.82. The molecule has 3 aromatic carbocycles. The number of nitrogens with one attached hydrogen (secondary N) is 2. The van der Waals surface area contributed by atoms with Gasteiger partial charge in [-0.25, -0.2) is 0 Å². The fourth-order valence-corrected chi connectivity index (χ4v) is 4.22. The smallest absolute Gasteiger partial charge is 0.255 e. The number of fused-ring (bicyclic) bond motifs is 1. The molecule has 7 heteroatoms. The molecular formula is C28H27N5O2. The van der Waals surface area contributed by atoms with Crippen LogP contribution in [0.15, 0.2) is 71.3 Å². The van der Waals surface area contributed by atoms with Crippen LogP contribution in [0.1, 0.15) is 27.4 Å². The molecule has 0 fully saturated rings. The van der Waals surface area contributed by atoms with Gasteiger partial charge < -0.3 is 19.6 Å². The number of anilines is 1. The Morgan fingerprint density at radius 2 is 1.74 bits per heavy atom. The molecule has 0 saturated heterocycles. The third kappa shape index (κ3) is 4.72. The number of benzene rings is 3. The summed E-state index contributed by atoms with van der Waals surface area (Å²) in [5.74, 6) is 0.873. The van der Waals surface area contributed by atoms with Gasteiger partial charge in [-0.15, -0.1) is 10.2 Å². The number of hydrogen-bond acceptors (Lipinski definition) is 5.